The Kier molecular flexibility index (Phi) is 5.15. The molecular formula is C11H21N3O3S. The molecule has 1 aromatic rings. The van der Waals surface area contributed by atoms with Crippen molar-refractivity contribution in [3.8, 4) is 5.75 Å². The van der Waals surface area contributed by atoms with Crippen LogP contribution in [0.4, 0.5) is 0 Å². The van der Waals surface area contributed by atoms with Crippen molar-refractivity contribution < 1.29 is 13.2 Å². The van der Waals surface area contributed by atoms with Gasteiger partial charge in [-0.05, 0) is 33.1 Å². The second-order valence-corrected chi connectivity index (χ2v) is 6.13. The van der Waals surface area contributed by atoms with E-state index >= 15 is 0 Å². The third kappa shape index (κ3) is 4.66. The van der Waals surface area contributed by atoms with Gasteiger partial charge in [0.1, 0.15) is 5.69 Å². The standard InChI is InChI=1S/C11H21N3O3S/c1-9-11(10(2)14(3)13-9)17-7-5-4-6-8-18(12,15)16/h4-8H2,1-3H3,(H2,12,15,16). The number of nitrogens with zero attached hydrogens (tertiary/aromatic N) is 2. The minimum absolute atomic E-state index is 0.0396. The lowest BCUT2D eigenvalue weighted by Gasteiger charge is -2.06. The Morgan fingerprint density at radius 1 is 1.28 bits per heavy atom. The van der Waals surface area contributed by atoms with E-state index in [0.717, 1.165) is 30.0 Å². The second-order valence-electron chi connectivity index (χ2n) is 4.40. The lowest BCUT2D eigenvalue weighted by molar-refractivity contribution is 0.302. The highest BCUT2D eigenvalue weighted by Crippen LogP contribution is 2.21. The monoisotopic (exact) mass is 275 g/mol. The summed E-state index contributed by atoms with van der Waals surface area (Å²) in [7, 11) is -1.45. The molecule has 1 rings (SSSR count). The van der Waals surface area contributed by atoms with E-state index < -0.39 is 10.0 Å². The van der Waals surface area contributed by atoms with E-state index in [0.29, 0.717) is 13.0 Å². The Hall–Kier alpha value is -1.08. The van der Waals surface area contributed by atoms with Crippen LogP contribution in [0.3, 0.4) is 0 Å². The zero-order chi connectivity index (χ0) is 13.8. The fourth-order valence-electron chi connectivity index (χ4n) is 1.72. The van der Waals surface area contributed by atoms with Crippen molar-refractivity contribution in [2.75, 3.05) is 12.4 Å². The normalized spacial score (nSPS) is 11.8. The number of sulfonamides is 1. The molecule has 0 saturated heterocycles. The van der Waals surface area contributed by atoms with Gasteiger partial charge in [-0.25, -0.2) is 13.6 Å². The van der Waals surface area contributed by atoms with Crippen LogP contribution in [0.25, 0.3) is 0 Å². The first-order valence-corrected chi connectivity index (χ1v) is 7.66. The minimum atomic E-state index is -3.33. The molecule has 0 amide bonds. The number of aryl methyl sites for hydroxylation is 2. The second kappa shape index (κ2) is 6.19. The van der Waals surface area contributed by atoms with Gasteiger partial charge in [0.25, 0.3) is 0 Å². The van der Waals surface area contributed by atoms with Gasteiger partial charge in [-0.1, -0.05) is 0 Å². The van der Waals surface area contributed by atoms with Crippen LogP contribution in [0, 0.1) is 13.8 Å². The van der Waals surface area contributed by atoms with Gasteiger partial charge in [0.15, 0.2) is 5.75 Å². The van der Waals surface area contributed by atoms with Crippen LogP contribution >= 0.6 is 0 Å². The molecule has 0 bridgehead atoms. The Labute approximate surface area is 108 Å². The molecule has 0 spiro atoms. The molecule has 0 saturated carbocycles. The molecular weight excluding hydrogens is 254 g/mol. The maximum Gasteiger partial charge on any atom is 0.209 e. The summed E-state index contributed by atoms with van der Waals surface area (Å²) in [4.78, 5) is 0. The number of ether oxygens (including phenoxy) is 1. The Morgan fingerprint density at radius 3 is 2.44 bits per heavy atom. The number of hydrogen-bond donors (Lipinski definition) is 1. The molecule has 0 aliphatic heterocycles. The van der Waals surface area contributed by atoms with Crippen molar-refractivity contribution in [1.82, 2.24) is 9.78 Å². The van der Waals surface area contributed by atoms with E-state index in [4.69, 9.17) is 9.88 Å². The fourth-order valence-corrected chi connectivity index (χ4v) is 2.33. The summed E-state index contributed by atoms with van der Waals surface area (Å²) in [5.41, 5.74) is 1.87. The summed E-state index contributed by atoms with van der Waals surface area (Å²) in [6.07, 6.45) is 2.17. The highest BCUT2D eigenvalue weighted by molar-refractivity contribution is 7.89. The van der Waals surface area contributed by atoms with Gasteiger partial charge in [0, 0.05) is 7.05 Å². The topological polar surface area (TPSA) is 87.2 Å². The highest BCUT2D eigenvalue weighted by atomic mass is 32.2. The third-order valence-electron chi connectivity index (χ3n) is 2.76. The minimum Gasteiger partial charge on any atom is -0.490 e. The zero-order valence-electron chi connectivity index (χ0n) is 11.1. The summed E-state index contributed by atoms with van der Waals surface area (Å²) in [5.74, 6) is 0.863. The third-order valence-corrected chi connectivity index (χ3v) is 3.62. The first-order chi connectivity index (χ1) is 8.31. The zero-order valence-corrected chi connectivity index (χ0v) is 12.0. The average molecular weight is 275 g/mol. The van der Waals surface area contributed by atoms with E-state index in [9.17, 15) is 8.42 Å². The van der Waals surface area contributed by atoms with E-state index in [1.54, 1.807) is 4.68 Å². The van der Waals surface area contributed by atoms with Crippen molar-refractivity contribution in [1.29, 1.82) is 0 Å². The first kappa shape index (κ1) is 15.0. The average Bonchev–Trinajstić information content (AvgIpc) is 2.47. The van der Waals surface area contributed by atoms with E-state index in [1.165, 1.54) is 0 Å². The van der Waals surface area contributed by atoms with Crippen molar-refractivity contribution in [2.45, 2.75) is 33.1 Å². The molecule has 7 heteroatoms. The van der Waals surface area contributed by atoms with Crippen LogP contribution in [-0.2, 0) is 17.1 Å². The number of hydrogen-bond acceptors (Lipinski definition) is 4. The predicted octanol–water partition coefficient (Wildman–Crippen LogP) is 0.875. The quantitative estimate of drug-likeness (QED) is 0.748. The van der Waals surface area contributed by atoms with Crippen LogP contribution in [0.1, 0.15) is 30.7 Å². The summed E-state index contributed by atoms with van der Waals surface area (Å²) in [5, 5.41) is 9.17. The number of nitrogens with two attached hydrogens (primary N) is 1. The molecule has 104 valence electrons. The van der Waals surface area contributed by atoms with Crippen molar-refractivity contribution in [2.24, 2.45) is 12.2 Å². The maximum absolute atomic E-state index is 10.7. The molecule has 0 atom stereocenters. The molecule has 1 aromatic heterocycles. The molecule has 0 aliphatic rings. The largest absolute Gasteiger partial charge is 0.490 e. The van der Waals surface area contributed by atoms with Gasteiger partial charge in [-0.3, -0.25) is 4.68 Å². The number of rotatable bonds is 7. The smallest absolute Gasteiger partial charge is 0.209 e. The highest BCUT2D eigenvalue weighted by Gasteiger charge is 2.10. The van der Waals surface area contributed by atoms with Gasteiger partial charge in [-0.2, -0.15) is 5.10 Å². The van der Waals surface area contributed by atoms with Gasteiger partial charge in [-0.15, -0.1) is 0 Å². The first-order valence-electron chi connectivity index (χ1n) is 5.94. The van der Waals surface area contributed by atoms with Crippen molar-refractivity contribution in [3.63, 3.8) is 0 Å². The summed E-state index contributed by atoms with van der Waals surface area (Å²) < 4.78 is 28.9. The lowest BCUT2D eigenvalue weighted by Crippen LogP contribution is -2.16. The Bertz CT molecular complexity index is 494. The Balaban J connectivity index is 2.26. The van der Waals surface area contributed by atoms with Crippen LogP contribution in [0.15, 0.2) is 0 Å². The molecule has 2 N–H and O–H groups in total. The number of aromatic nitrogens is 2. The fraction of sp³-hybridized carbons (Fsp3) is 0.727. The molecule has 6 nitrogen and oxygen atoms in total. The van der Waals surface area contributed by atoms with E-state index in [2.05, 4.69) is 5.10 Å². The molecule has 0 radical (unpaired) electrons. The lowest BCUT2D eigenvalue weighted by atomic mass is 10.2. The molecule has 18 heavy (non-hydrogen) atoms. The summed E-state index contributed by atoms with van der Waals surface area (Å²) >= 11 is 0. The maximum atomic E-state index is 10.7. The molecule has 0 unspecified atom stereocenters. The van der Waals surface area contributed by atoms with E-state index in [1.807, 2.05) is 20.9 Å². The number of unbranched alkanes of at least 4 members (excludes halogenated alkanes) is 2. The summed E-state index contributed by atoms with van der Waals surface area (Å²) in [6, 6.07) is 0. The summed E-state index contributed by atoms with van der Waals surface area (Å²) in [6.45, 7) is 4.43. The van der Waals surface area contributed by atoms with Crippen LogP contribution in [0.2, 0.25) is 0 Å². The number of primary sulfonamides is 1. The van der Waals surface area contributed by atoms with Crippen LogP contribution < -0.4 is 9.88 Å². The van der Waals surface area contributed by atoms with Gasteiger partial charge < -0.3 is 4.74 Å². The van der Waals surface area contributed by atoms with Gasteiger partial charge >= 0.3 is 0 Å². The molecule has 1 heterocycles. The van der Waals surface area contributed by atoms with Gasteiger partial charge in [0.05, 0.1) is 18.1 Å². The molecule has 0 aromatic carbocycles. The van der Waals surface area contributed by atoms with Gasteiger partial charge in [0.2, 0.25) is 10.0 Å². The predicted molar refractivity (Wildman–Crippen MR) is 70.0 cm³/mol. The molecule has 0 fully saturated rings. The van der Waals surface area contributed by atoms with Crippen molar-refractivity contribution >= 4 is 10.0 Å². The van der Waals surface area contributed by atoms with E-state index in [-0.39, 0.29) is 5.75 Å². The van der Waals surface area contributed by atoms with Crippen molar-refractivity contribution in [3.05, 3.63) is 11.4 Å². The Morgan fingerprint density at radius 2 is 1.94 bits per heavy atom. The SMILES string of the molecule is Cc1nn(C)c(C)c1OCCCCCS(N)(=O)=O. The van der Waals surface area contributed by atoms with Crippen LogP contribution in [0.5, 0.6) is 5.75 Å². The molecule has 0 aliphatic carbocycles. The van der Waals surface area contributed by atoms with Crippen LogP contribution in [-0.4, -0.2) is 30.6 Å².